The van der Waals surface area contributed by atoms with Gasteiger partial charge in [-0.1, -0.05) is 0 Å². The summed E-state index contributed by atoms with van der Waals surface area (Å²) in [6, 6.07) is 1.94. The number of allylic oxidation sites excluding steroid dienone is 2. The van der Waals surface area contributed by atoms with Gasteiger partial charge in [0.25, 0.3) is 0 Å². The van der Waals surface area contributed by atoms with Gasteiger partial charge in [-0.2, -0.15) is 5.10 Å². The predicted octanol–water partition coefficient (Wildman–Crippen LogP) is 2.07. The number of aliphatic hydroxyl groups is 1. The van der Waals surface area contributed by atoms with Gasteiger partial charge in [0.2, 0.25) is 0 Å². The number of rotatable bonds is 2. The van der Waals surface area contributed by atoms with Crippen LogP contribution in [0.2, 0.25) is 0 Å². The van der Waals surface area contributed by atoms with E-state index < -0.39 is 6.23 Å². The molecule has 0 spiro atoms. The zero-order chi connectivity index (χ0) is 15.1. The van der Waals surface area contributed by atoms with Crippen LogP contribution in [0.5, 0.6) is 0 Å². The molecule has 2 N–H and O–H groups in total. The Morgan fingerprint density at radius 1 is 1.38 bits per heavy atom. The Morgan fingerprint density at radius 2 is 2.14 bits per heavy atom. The Balaban J connectivity index is 1.95. The lowest BCUT2D eigenvalue weighted by Gasteiger charge is -2.28. The van der Waals surface area contributed by atoms with E-state index in [2.05, 4.69) is 31.3 Å². The normalized spacial score (nSPS) is 18.7. The third-order valence-corrected chi connectivity index (χ3v) is 3.91. The number of halogens is 1. The number of fused-ring (bicyclic) bond motifs is 1. The van der Waals surface area contributed by atoms with Gasteiger partial charge in [-0.3, -0.25) is 4.68 Å². The summed E-state index contributed by atoms with van der Waals surface area (Å²) in [5.41, 5.74) is 2.60. The molecule has 110 valence electrons. The van der Waals surface area contributed by atoms with Gasteiger partial charge >= 0.3 is 0 Å². The number of aliphatic hydroxyl groups excluding tert-OH is 1. The summed E-state index contributed by atoms with van der Waals surface area (Å²) in [7, 11) is 3.71. The second-order valence-electron chi connectivity index (χ2n) is 5.07. The molecule has 0 fully saturated rings. The quantitative estimate of drug-likeness (QED) is 0.868. The van der Waals surface area contributed by atoms with Gasteiger partial charge in [0.15, 0.2) is 6.23 Å². The van der Waals surface area contributed by atoms with Crippen LogP contribution in [0.3, 0.4) is 0 Å². The maximum atomic E-state index is 10.2. The van der Waals surface area contributed by atoms with Crippen LogP contribution >= 0.6 is 15.9 Å². The summed E-state index contributed by atoms with van der Waals surface area (Å²) in [4.78, 5) is 6.09. The minimum atomic E-state index is -0.723. The second-order valence-corrected chi connectivity index (χ2v) is 5.99. The number of pyridine rings is 1. The maximum Gasteiger partial charge on any atom is 0.167 e. The molecule has 21 heavy (non-hydrogen) atoms. The van der Waals surface area contributed by atoms with Crippen LogP contribution in [0.4, 0.5) is 5.82 Å². The molecule has 3 heterocycles. The fourth-order valence-corrected chi connectivity index (χ4v) is 2.96. The highest BCUT2D eigenvalue weighted by Crippen LogP contribution is 2.24. The van der Waals surface area contributed by atoms with Gasteiger partial charge in [-0.05, 0) is 35.0 Å². The lowest BCUT2D eigenvalue weighted by atomic mass is 10.2. The zero-order valence-corrected chi connectivity index (χ0v) is 13.6. The molecule has 3 rings (SSSR count). The Morgan fingerprint density at radius 3 is 2.90 bits per heavy atom. The molecule has 0 saturated heterocycles. The van der Waals surface area contributed by atoms with Crippen molar-refractivity contribution in [2.45, 2.75) is 13.2 Å². The van der Waals surface area contributed by atoms with Crippen molar-refractivity contribution in [3.05, 3.63) is 40.4 Å². The molecular formula is C14H16BrN5O. The molecule has 0 bridgehead atoms. The molecule has 0 amide bonds. The predicted molar refractivity (Wildman–Crippen MR) is 85.7 cm³/mol. The molecule has 1 aliphatic rings. The Bertz CT molecular complexity index is 764. The number of likely N-dealkylation sites (N-methyl/N-ethyl adjacent to an activating group) is 1. The van der Waals surface area contributed by atoms with Crippen molar-refractivity contribution in [2.24, 2.45) is 7.05 Å². The molecular weight excluding hydrogens is 334 g/mol. The highest BCUT2D eigenvalue weighted by atomic mass is 79.9. The molecule has 0 aromatic carbocycles. The largest absolute Gasteiger partial charge is 0.368 e. The minimum Gasteiger partial charge on any atom is -0.368 e. The highest BCUT2D eigenvalue weighted by molar-refractivity contribution is 9.11. The van der Waals surface area contributed by atoms with Gasteiger partial charge in [-0.15, -0.1) is 0 Å². The van der Waals surface area contributed by atoms with Gasteiger partial charge in [0.1, 0.15) is 5.82 Å². The number of nitrogens with zero attached hydrogens (tertiary/aromatic N) is 4. The maximum absolute atomic E-state index is 10.2. The summed E-state index contributed by atoms with van der Waals surface area (Å²) in [6.45, 7) is 1.97. The fraction of sp³-hybridized carbons (Fsp3) is 0.286. The standard InChI is InChI=1S/C14H16BrN5O/c1-8-10-5-13(16-6-12(10)20(3)18-8)17-11-4-9(15)7-19(2)14(11)21/h4-7,14,21H,1-3H3,(H,16,17). The van der Waals surface area contributed by atoms with E-state index in [1.54, 1.807) is 11.1 Å². The smallest absolute Gasteiger partial charge is 0.167 e. The van der Waals surface area contributed by atoms with Crippen molar-refractivity contribution >= 4 is 32.7 Å². The van der Waals surface area contributed by atoms with E-state index in [1.165, 1.54) is 0 Å². The molecule has 0 aliphatic carbocycles. The van der Waals surface area contributed by atoms with Crippen LogP contribution in [0.25, 0.3) is 10.9 Å². The first-order valence-electron chi connectivity index (χ1n) is 6.51. The number of aromatic nitrogens is 3. The topological polar surface area (TPSA) is 66.2 Å². The average Bonchev–Trinajstić information content (AvgIpc) is 2.70. The molecule has 1 atom stereocenters. The second kappa shape index (κ2) is 5.16. The number of hydrogen-bond donors (Lipinski definition) is 2. The van der Waals surface area contributed by atoms with Crippen molar-refractivity contribution in [1.29, 1.82) is 0 Å². The summed E-state index contributed by atoms with van der Waals surface area (Å²) in [6.07, 6.45) is 4.71. The molecule has 2 aromatic rings. The third kappa shape index (κ3) is 2.54. The van der Waals surface area contributed by atoms with E-state index in [1.807, 2.05) is 44.0 Å². The monoisotopic (exact) mass is 349 g/mol. The number of nitrogens with one attached hydrogen (secondary N) is 1. The van der Waals surface area contributed by atoms with Crippen LogP contribution in [0.15, 0.2) is 34.7 Å². The first-order chi connectivity index (χ1) is 9.95. The summed E-state index contributed by atoms with van der Waals surface area (Å²) in [5, 5.41) is 18.8. The lowest BCUT2D eigenvalue weighted by Crippen LogP contribution is -2.34. The van der Waals surface area contributed by atoms with Crippen LogP contribution in [-0.4, -0.2) is 38.0 Å². The lowest BCUT2D eigenvalue weighted by molar-refractivity contribution is 0.0868. The Kier molecular flexibility index (Phi) is 3.46. The van der Waals surface area contributed by atoms with E-state index in [4.69, 9.17) is 0 Å². The van der Waals surface area contributed by atoms with E-state index in [9.17, 15) is 5.11 Å². The van der Waals surface area contributed by atoms with Crippen molar-refractivity contribution in [3.63, 3.8) is 0 Å². The SMILES string of the molecule is Cc1nn(C)c2cnc(NC3=CC(Br)=CN(C)C3O)cc12. The zero-order valence-electron chi connectivity index (χ0n) is 12.0. The number of anilines is 1. The molecule has 0 saturated carbocycles. The molecule has 6 nitrogen and oxygen atoms in total. The van der Waals surface area contributed by atoms with Crippen molar-refractivity contribution in [2.75, 3.05) is 12.4 Å². The first-order valence-corrected chi connectivity index (χ1v) is 7.30. The van der Waals surface area contributed by atoms with Crippen molar-refractivity contribution in [1.82, 2.24) is 19.7 Å². The summed E-state index contributed by atoms with van der Waals surface area (Å²) >= 11 is 3.42. The van der Waals surface area contributed by atoms with E-state index >= 15 is 0 Å². The van der Waals surface area contributed by atoms with Crippen LogP contribution in [-0.2, 0) is 7.05 Å². The summed E-state index contributed by atoms with van der Waals surface area (Å²) < 4.78 is 2.69. The molecule has 2 aromatic heterocycles. The number of aryl methyl sites for hydroxylation is 2. The Labute approximate surface area is 130 Å². The first kappa shape index (κ1) is 14.1. The van der Waals surface area contributed by atoms with Crippen LogP contribution < -0.4 is 5.32 Å². The van der Waals surface area contributed by atoms with Gasteiger partial charge in [-0.25, -0.2) is 4.98 Å². The van der Waals surface area contributed by atoms with Crippen molar-refractivity contribution < 1.29 is 5.11 Å². The van der Waals surface area contributed by atoms with E-state index in [0.29, 0.717) is 11.5 Å². The van der Waals surface area contributed by atoms with Gasteiger partial charge in [0.05, 0.1) is 23.1 Å². The average molecular weight is 350 g/mol. The van der Waals surface area contributed by atoms with Gasteiger partial charge < -0.3 is 15.3 Å². The highest BCUT2D eigenvalue weighted by Gasteiger charge is 2.19. The van der Waals surface area contributed by atoms with E-state index in [-0.39, 0.29) is 0 Å². The van der Waals surface area contributed by atoms with Crippen LogP contribution in [0.1, 0.15) is 5.69 Å². The van der Waals surface area contributed by atoms with Gasteiger partial charge in [0, 0.05) is 30.2 Å². The Hall–Kier alpha value is -1.86. The molecule has 0 radical (unpaired) electrons. The van der Waals surface area contributed by atoms with E-state index in [0.717, 1.165) is 21.1 Å². The fourth-order valence-electron chi connectivity index (χ4n) is 2.39. The summed E-state index contributed by atoms with van der Waals surface area (Å²) in [5.74, 6) is 0.680. The molecule has 1 unspecified atom stereocenters. The number of hydrogen-bond acceptors (Lipinski definition) is 5. The van der Waals surface area contributed by atoms with Crippen LogP contribution in [0, 0.1) is 6.92 Å². The molecule has 7 heteroatoms. The molecule has 1 aliphatic heterocycles. The minimum absolute atomic E-state index is 0.667. The third-order valence-electron chi connectivity index (χ3n) is 3.48. The van der Waals surface area contributed by atoms with Crippen molar-refractivity contribution in [3.8, 4) is 0 Å².